The summed E-state index contributed by atoms with van der Waals surface area (Å²) >= 11 is 0. The fourth-order valence-corrected chi connectivity index (χ4v) is 5.26. The fraction of sp³-hybridized carbons (Fsp3) is 0.560. The number of nitrogens with zero attached hydrogens (tertiary/aromatic N) is 5. The quantitative estimate of drug-likeness (QED) is 0.622. The number of piperidine rings is 1. The zero-order valence-electron chi connectivity index (χ0n) is 19.3. The highest BCUT2D eigenvalue weighted by Gasteiger charge is 2.28. The Morgan fingerprint density at radius 2 is 1.91 bits per heavy atom. The molecule has 3 aromatic rings. The summed E-state index contributed by atoms with van der Waals surface area (Å²) in [7, 11) is 0. The number of aromatic nitrogens is 5. The van der Waals surface area contributed by atoms with Crippen LogP contribution in [0.4, 0.5) is 0 Å². The van der Waals surface area contributed by atoms with Crippen LogP contribution >= 0.6 is 0 Å². The van der Waals surface area contributed by atoms with E-state index in [1.807, 2.05) is 17.0 Å². The van der Waals surface area contributed by atoms with Gasteiger partial charge in [0.15, 0.2) is 11.2 Å². The summed E-state index contributed by atoms with van der Waals surface area (Å²) in [6, 6.07) is 8.21. The normalized spacial score (nSPS) is 19.4. The van der Waals surface area contributed by atoms with Gasteiger partial charge in [0.1, 0.15) is 5.82 Å². The minimum absolute atomic E-state index is 0.0222. The van der Waals surface area contributed by atoms with Crippen molar-refractivity contribution in [2.75, 3.05) is 13.1 Å². The molecule has 0 radical (unpaired) electrons. The maximum atomic E-state index is 12.9. The number of amides is 1. The highest BCUT2D eigenvalue weighted by molar-refractivity contribution is 5.76. The molecule has 2 aromatic heterocycles. The van der Waals surface area contributed by atoms with E-state index in [2.05, 4.69) is 34.4 Å². The van der Waals surface area contributed by atoms with Crippen LogP contribution in [0.1, 0.15) is 74.2 Å². The Hall–Kier alpha value is -3.03. The number of H-pyrrole nitrogens is 1. The van der Waals surface area contributed by atoms with Gasteiger partial charge in [0.2, 0.25) is 5.91 Å². The van der Waals surface area contributed by atoms with Gasteiger partial charge in [0.05, 0.1) is 6.54 Å². The first-order valence-corrected chi connectivity index (χ1v) is 12.2. The molecule has 8 nitrogen and oxygen atoms in total. The van der Waals surface area contributed by atoms with Crippen molar-refractivity contribution in [1.29, 1.82) is 0 Å². The summed E-state index contributed by atoms with van der Waals surface area (Å²) in [4.78, 5) is 35.3. The predicted molar refractivity (Wildman–Crippen MR) is 126 cm³/mol. The van der Waals surface area contributed by atoms with E-state index in [1.54, 1.807) is 4.68 Å². The summed E-state index contributed by atoms with van der Waals surface area (Å²) in [6.45, 7) is 3.95. The van der Waals surface area contributed by atoms with Gasteiger partial charge < -0.3 is 9.88 Å². The van der Waals surface area contributed by atoms with Gasteiger partial charge >= 0.3 is 0 Å². The first-order chi connectivity index (χ1) is 16.1. The van der Waals surface area contributed by atoms with Crippen molar-refractivity contribution in [1.82, 2.24) is 29.9 Å². The summed E-state index contributed by atoms with van der Waals surface area (Å²) in [6.07, 6.45) is 8.61. The monoisotopic (exact) mass is 448 g/mol. The molecule has 0 unspecified atom stereocenters. The zero-order valence-corrected chi connectivity index (χ0v) is 19.3. The summed E-state index contributed by atoms with van der Waals surface area (Å²) in [5.41, 5.74) is 2.76. The van der Waals surface area contributed by atoms with E-state index in [9.17, 15) is 9.59 Å². The van der Waals surface area contributed by atoms with Crippen molar-refractivity contribution in [3.8, 4) is 0 Å². The molecule has 1 aliphatic heterocycles. The van der Waals surface area contributed by atoms with Gasteiger partial charge in [0.25, 0.3) is 5.56 Å². The molecule has 1 atom stereocenters. The predicted octanol–water partition coefficient (Wildman–Crippen LogP) is 3.55. The van der Waals surface area contributed by atoms with Gasteiger partial charge in [-0.2, -0.15) is 0 Å². The lowest BCUT2D eigenvalue weighted by Crippen LogP contribution is -2.40. The number of aromatic amines is 1. The van der Waals surface area contributed by atoms with E-state index in [0.717, 1.165) is 37.3 Å². The van der Waals surface area contributed by atoms with Crippen LogP contribution in [0, 0.1) is 12.8 Å². The maximum Gasteiger partial charge on any atom is 0.281 e. The highest BCUT2D eigenvalue weighted by atomic mass is 16.2. The van der Waals surface area contributed by atoms with E-state index in [0.29, 0.717) is 31.0 Å². The SMILES string of the molecule is Cc1ccc(Cn2nnc3c(=O)[nH]c([C@H]4CCCN(C(=O)CCC5CCCC5)C4)nc32)cc1. The largest absolute Gasteiger partial charge is 0.342 e. The summed E-state index contributed by atoms with van der Waals surface area (Å²) in [5, 5.41) is 8.25. The molecule has 174 valence electrons. The van der Waals surface area contributed by atoms with Crippen molar-refractivity contribution >= 4 is 17.1 Å². The van der Waals surface area contributed by atoms with Gasteiger partial charge in [-0.3, -0.25) is 9.59 Å². The average Bonchev–Trinajstić information content (AvgIpc) is 3.50. The van der Waals surface area contributed by atoms with E-state index >= 15 is 0 Å². The molecule has 2 fully saturated rings. The zero-order chi connectivity index (χ0) is 22.8. The molecule has 3 heterocycles. The molecule has 2 aliphatic rings. The van der Waals surface area contributed by atoms with Crippen LogP contribution in [0.15, 0.2) is 29.1 Å². The third-order valence-electron chi connectivity index (χ3n) is 7.25. The number of carbonyl (C=O) groups is 1. The lowest BCUT2D eigenvalue weighted by molar-refractivity contribution is -0.132. The number of rotatable bonds is 6. The van der Waals surface area contributed by atoms with Gasteiger partial charge in [-0.15, -0.1) is 5.10 Å². The third-order valence-corrected chi connectivity index (χ3v) is 7.25. The Balaban J connectivity index is 1.32. The van der Waals surface area contributed by atoms with E-state index < -0.39 is 0 Å². The van der Waals surface area contributed by atoms with Gasteiger partial charge in [-0.05, 0) is 37.7 Å². The Morgan fingerprint density at radius 3 is 2.70 bits per heavy atom. The van der Waals surface area contributed by atoms with Gasteiger partial charge in [-0.1, -0.05) is 60.7 Å². The second-order valence-electron chi connectivity index (χ2n) is 9.72. The first-order valence-electron chi connectivity index (χ1n) is 12.2. The molecule has 0 bridgehead atoms. The second kappa shape index (κ2) is 9.45. The molecule has 1 saturated heterocycles. The Labute approximate surface area is 193 Å². The van der Waals surface area contributed by atoms with E-state index in [1.165, 1.54) is 31.2 Å². The standard InChI is InChI=1S/C25H32N6O2/c1-17-8-10-19(11-9-17)15-31-24-22(28-29-31)25(33)27-23(26-24)20-7-4-14-30(16-20)21(32)13-12-18-5-2-3-6-18/h8-11,18,20H,2-7,12-16H2,1H3,(H,26,27,33)/t20-/m0/s1. The highest BCUT2D eigenvalue weighted by Crippen LogP contribution is 2.30. The molecule has 1 saturated carbocycles. The van der Waals surface area contributed by atoms with Crippen LogP contribution in [0.2, 0.25) is 0 Å². The maximum absolute atomic E-state index is 12.9. The number of hydrogen-bond donors (Lipinski definition) is 1. The molecular formula is C25H32N6O2. The number of fused-ring (bicyclic) bond motifs is 1. The van der Waals surface area contributed by atoms with Crippen LogP contribution in [-0.4, -0.2) is 48.9 Å². The van der Waals surface area contributed by atoms with Crippen LogP contribution in [0.3, 0.4) is 0 Å². The molecule has 5 rings (SSSR count). The van der Waals surface area contributed by atoms with Crippen LogP contribution in [0.5, 0.6) is 0 Å². The van der Waals surface area contributed by atoms with E-state index in [-0.39, 0.29) is 22.9 Å². The molecule has 1 amide bonds. The lowest BCUT2D eigenvalue weighted by atomic mass is 9.96. The van der Waals surface area contributed by atoms with E-state index in [4.69, 9.17) is 4.98 Å². The van der Waals surface area contributed by atoms with Gasteiger partial charge in [-0.25, -0.2) is 9.67 Å². The number of hydrogen-bond acceptors (Lipinski definition) is 5. The summed E-state index contributed by atoms with van der Waals surface area (Å²) in [5.74, 6) is 1.61. The van der Waals surface area contributed by atoms with Crippen LogP contribution in [-0.2, 0) is 11.3 Å². The van der Waals surface area contributed by atoms with Crippen molar-refractivity contribution in [3.63, 3.8) is 0 Å². The molecule has 1 aromatic carbocycles. The Bertz CT molecular complexity index is 1180. The summed E-state index contributed by atoms with van der Waals surface area (Å²) < 4.78 is 1.69. The molecule has 1 aliphatic carbocycles. The Morgan fingerprint density at radius 1 is 1.12 bits per heavy atom. The topological polar surface area (TPSA) is 96.8 Å². The molecular weight excluding hydrogens is 416 g/mol. The number of benzene rings is 1. The second-order valence-corrected chi connectivity index (χ2v) is 9.72. The van der Waals surface area contributed by atoms with Gasteiger partial charge in [0, 0.05) is 25.4 Å². The number of carbonyl (C=O) groups excluding carboxylic acids is 1. The minimum Gasteiger partial charge on any atom is -0.342 e. The number of nitrogens with one attached hydrogen (secondary N) is 1. The molecule has 1 N–H and O–H groups in total. The smallest absolute Gasteiger partial charge is 0.281 e. The third kappa shape index (κ3) is 4.84. The Kier molecular flexibility index (Phi) is 6.24. The number of aryl methyl sites for hydroxylation is 1. The molecule has 33 heavy (non-hydrogen) atoms. The van der Waals surface area contributed by atoms with Crippen molar-refractivity contribution in [2.45, 2.75) is 70.8 Å². The van der Waals surface area contributed by atoms with Crippen molar-refractivity contribution in [3.05, 3.63) is 51.6 Å². The molecule has 8 heteroatoms. The van der Waals surface area contributed by atoms with Crippen LogP contribution in [0.25, 0.3) is 11.2 Å². The average molecular weight is 449 g/mol. The lowest BCUT2D eigenvalue weighted by Gasteiger charge is -2.32. The van der Waals surface area contributed by atoms with Crippen molar-refractivity contribution < 1.29 is 4.79 Å². The van der Waals surface area contributed by atoms with Crippen LogP contribution < -0.4 is 5.56 Å². The fourth-order valence-electron chi connectivity index (χ4n) is 5.26. The minimum atomic E-state index is -0.269. The first kappa shape index (κ1) is 21.8. The van der Waals surface area contributed by atoms with Crippen molar-refractivity contribution in [2.24, 2.45) is 5.92 Å². The molecule has 0 spiro atoms. The number of likely N-dealkylation sites (tertiary alicyclic amines) is 1.